The van der Waals surface area contributed by atoms with Crippen molar-refractivity contribution >= 4 is 69.7 Å². The number of nitrogens with zero attached hydrogens (tertiary/aromatic N) is 1. The third-order valence-electron chi connectivity index (χ3n) is 14.1. The van der Waals surface area contributed by atoms with Crippen LogP contribution in [0.15, 0.2) is 158 Å². The number of thiocarbonyl (C=S) groups is 1. The second-order valence-corrected chi connectivity index (χ2v) is 19.7. The molecule has 3 aliphatic rings. The van der Waals surface area contributed by atoms with E-state index < -0.39 is 6.09 Å². The van der Waals surface area contributed by atoms with Gasteiger partial charge in [-0.1, -0.05) is 109 Å². The van der Waals surface area contributed by atoms with E-state index in [4.69, 9.17) is 17.0 Å². The molecule has 0 spiro atoms. The molecule has 6 aromatic carbocycles. The number of alkyl carbamates (subject to hydrolysis) is 1. The van der Waals surface area contributed by atoms with Gasteiger partial charge in [0, 0.05) is 48.1 Å². The first-order chi connectivity index (χ1) is 38.1. The Labute approximate surface area is 462 Å². The van der Waals surface area contributed by atoms with Gasteiger partial charge in [-0.05, 0) is 168 Å². The van der Waals surface area contributed by atoms with E-state index in [1.165, 1.54) is 75.0 Å². The fourth-order valence-electron chi connectivity index (χ4n) is 9.81. The van der Waals surface area contributed by atoms with Crippen LogP contribution in [0.3, 0.4) is 0 Å². The molecule has 3 amide bonds. The molecule has 3 aliphatic carbocycles. The van der Waals surface area contributed by atoms with Gasteiger partial charge >= 0.3 is 18.0 Å². The Hall–Kier alpha value is -8.36. The van der Waals surface area contributed by atoms with Gasteiger partial charge in [0.1, 0.15) is 6.61 Å². The molecule has 13 nitrogen and oxygen atoms in total. The zero-order valence-electron chi connectivity index (χ0n) is 44.3. The fourth-order valence-corrected chi connectivity index (χ4v) is 10.1. The number of esters is 2. The third kappa shape index (κ3) is 15.4. The van der Waals surface area contributed by atoms with Crippen LogP contribution in [0.4, 0.5) is 16.2 Å². The van der Waals surface area contributed by atoms with Crippen molar-refractivity contribution in [3.05, 3.63) is 202 Å². The number of ether oxygens (including phenoxy) is 3. The van der Waals surface area contributed by atoms with Gasteiger partial charge in [-0.3, -0.25) is 24.5 Å². The zero-order chi connectivity index (χ0) is 54.6. The maximum atomic E-state index is 13.2. The van der Waals surface area contributed by atoms with Crippen molar-refractivity contribution in [2.75, 3.05) is 44.1 Å². The van der Waals surface area contributed by atoms with Gasteiger partial charge in [-0.15, -0.1) is 0 Å². The van der Waals surface area contributed by atoms with E-state index in [0.29, 0.717) is 24.2 Å². The molecule has 9 rings (SSSR count). The number of hydrogen-bond donors (Lipinski definition) is 4. The third-order valence-corrected chi connectivity index (χ3v) is 14.5. The molecule has 0 fully saturated rings. The lowest BCUT2D eigenvalue weighted by molar-refractivity contribution is -0.141. The summed E-state index contributed by atoms with van der Waals surface area (Å²) in [6.07, 6.45) is 13.8. The summed E-state index contributed by atoms with van der Waals surface area (Å²) < 4.78 is 15.0. The lowest BCUT2D eigenvalue weighted by Crippen LogP contribution is -2.43. The first-order valence-corrected chi connectivity index (χ1v) is 27.1. The number of anilines is 2. The van der Waals surface area contributed by atoms with Gasteiger partial charge in [0.05, 0.1) is 33.6 Å². The minimum atomic E-state index is -0.625. The summed E-state index contributed by atoms with van der Waals surface area (Å²) in [4.78, 5) is 62.2. The molecule has 0 atom stereocenters. The average Bonchev–Trinajstić information content (AvgIpc) is 4.00. The number of carbonyl (C=O) groups excluding carboxylic acids is 5. The van der Waals surface area contributed by atoms with Crippen LogP contribution in [-0.2, 0) is 36.9 Å². The van der Waals surface area contributed by atoms with E-state index in [1.54, 1.807) is 24.3 Å². The van der Waals surface area contributed by atoms with Crippen LogP contribution in [0, 0.1) is 0 Å². The molecule has 4 N–H and O–H groups in total. The normalized spacial score (nSPS) is 13.4. The summed E-state index contributed by atoms with van der Waals surface area (Å²) in [7, 11) is 2.65. The van der Waals surface area contributed by atoms with Crippen LogP contribution < -0.4 is 26.2 Å². The second-order valence-electron chi connectivity index (χ2n) is 19.3. The molecule has 0 saturated carbocycles. The maximum Gasteiger partial charge on any atom is 0.413 e. The standard InChI is InChI=1S/C40H39N3O5S.C24H28N2O3/c1-47-37(44)23-24-41-38(45)30-17-15-27(16-18-30)25-43(31-21-19-29(20-22-31)28-9-3-2-4-10-28)39(49)42-40(46)48-26-36-34-13-7-5-11-32(34)33-12-6-8-14-35(33)36;1-29-23(27)15-16-25-24(28)21-9-7-18(8-10-21)17-26-22-13-11-20(12-14-22)19-5-3-2-4-6-19/h5-9,11-22,36H,2-4,10,23-26H2,1H3,(H,41,45)(H,42,46,49);5,7-14,26H,2-4,6,15-17H2,1H3,(H,25,28). The second kappa shape index (κ2) is 28.1. The number of allylic oxidation sites excluding steroid dienone is 4. The van der Waals surface area contributed by atoms with Crippen molar-refractivity contribution < 1.29 is 38.2 Å². The number of methoxy groups -OCH3 is 2. The van der Waals surface area contributed by atoms with Crippen LogP contribution in [0.1, 0.15) is 124 Å². The predicted octanol–water partition coefficient (Wildman–Crippen LogP) is 12.3. The topological polar surface area (TPSA) is 164 Å². The van der Waals surface area contributed by atoms with Crippen molar-refractivity contribution in [1.29, 1.82) is 0 Å². The number of benzene rings is 6. The summed E-state index contributed by atoms with van der Waals surface area (Å²) in [5.41, 5.74) is 14.8. The molecule has 0 heterocycles. The summed E-state index contributed by atoms with van der Waals surface area (Å²) in [5.74, 6) is -1.27. The number of rotatable bonds is 18. The molecule has 14 heteroatoms. The highest BCUT2D eigenvalue weighted by molar-refractivity contribution is 7.80. The van der Waals surface area contributed by atoms with Crippen LogP contribution in [0.25, 0.3) is 22.3 Å². The van der Waals surface area contributed by atoms with E-state index in [9.17, 15) is 24.0 Å². The Morgan fingerprint density at radius 1 is 0.577 bits per heavy atom. The monoisotopic (exact) mass is 1070 g/mol. The average molecular weight is 1070 g/mol. The quantitative estimate of drug-likeness (QED) is 0.0368. The molecule has 0 aromatic heterocycles. The van der Waals surface area contributed by atoms with Crippen LogP contribution in [-0.4, -0.2) is 68.9 Å². The molecule has 0 saturated heterocycles. The minimum Gasteiger partial charge on any atom is -0.469 e. The summed E-state index contributed by atoms with van der Waals surface area (Å²) in [6, 6.07) is 47.8. The lowest BCUT2D eigenvalue weighted by atomic mass is 9.93. The smallest absolute Gasteiger partial charge is 0.413 e. The highest BCUT2D eigenvalue weighted by atomic mass is 32.1. The highest BCUT2D eigenvalue weighted by Crippen LogP contribution is 2.44. The number of amides is 3. The molecule has 402 valence electrons. The van der Waals surface area contributed by atoms with Crippen LogP contribution in [0.5, 0.6) is 0 Å². The Morgan fingerprint density at radius 2 is 1.06 bits per heavy atom. The van der Waals surface area contributed by atoms with E-state index in [0.717, 1.165) is 57.6 Å². The molecule has 0 unspecified atom stereocenters. The number of carbonyl (C=O) groups is 5. The van der Waals surface area contributed by atoms with Crippen LogP contribution >= 0.6 is 12.2 Å². The van der Waals surface area contributed by atoms with E-state index in [-0.39, 0.29) is 67.3 Å². The minimum absolute atomic E-state index is 0.0688. The summed E-state index contributed by atoms with van der Waals surface area (Å²) in [6.45, 7) is 1.65. The largest absolute Gasteiger partial charge is 0.469 e. The van der Waals surface area contributed by atoms with Crippen molar-refractivity contribution in [3.63, 3.8) is 0 Å². The Bertz CT molecular complexity index is 3070. The number of fused-ring (bicyclic) bond motifs is 3. The highest BCUT2D eigenvalue weighted by Gasteiger charge is 2.29. The van der Waals surface area contributed by atoms with Gasteiger partial charge in [0.2, 0.25) is 0 Å². The van der Waals surface area contributed by atoms with Crippen molar-refractivity contribution in [1.82, 2.24) is 16.0 Å². The first kappa shape index (κ1) is 55.9. The van der Waals surface area contributed by atoms with Gasteiger partial charge < -0.3 is 35.1 Å². The maximum absolute atomic E-state index is 13.2. The molecular weight excluding hydrogens is 999 g/mol. The summed E-state index contributed by atoms with van der Waals surface area (Å²) in [5, 5.41) is 11.9. The molecule has 0 radical (unpaired) electrons. The summed E-state index contributed by atoms with van der Waals surface area (Å²) >= 11 is 5.81. The van der Waals surface area contributed by atoms with Crippen molar-refractivity contribution in [2.24, 2.45) is 0 Å². The Kier molecular flexibility index (Phi) is 20.2. The lowest BCUT2D eigenvalue weighted by Gasteiger charge is -2.26. The van der Waals surface area contributed by atoms with Gasteiger partial charge in [-0.2, -0.15) is 0 Å². The van der Waals surface area contributed by atoms with Gasteiger partial charge in [0.15, 0.2) is 5.11 Å². The molecule has 78 heavy (non-hydrogen) atoms. The Morgan fingerprint density at radius 3 is 1.55 bits per heavy atom. The zero-order valence-corrected chi connectivity index (χ0v) is 45.1. The molecule has 6 aromatic rings. The molecule has 0 bridgehead atoms. The fraction of sp³-hybridized carbons (Fsp3) is 0.281. The van der Waals surface area contributed by atoms with E-state index in [2.05, 4.69) is 104 Å². The van der Waals surface area contributed by atoms with Crippen molar-refractivity contribution in [2.45, 2.75) is 83.2 Å². The van der Waals surface area contributed by atoms with Gasteiger partial charge in [0.25, 0.3) is 11.8 Å². The number of nitrogens with one attached hydrogen (secondary N) is 4. The van der Waals surface area contributed by atoms with E-state index in [1.807, 2.05) is 65.6 Å². The van der Waals surface area contributed by atoms with Crippen LogP contribution in [0.2, 0.25) is 0 Å². The first-order valence-electron chi connectivity index (χ1n) is 26.7. The van der Waals surface area contributed by atoms with E-state index >= 15 is 0 Å². The molecular formula is C64H67N5O8S. The Balaban J connectivity index is 0.000000236. The predicted molar refractivity (Wildman–Crippen MR) is 311 cm³/mol. The number of hydrogen-bond acceptors (Lipinski definition) is 10. The SMILES string of the molecule is COC(=O)CCNC(=O)c1ccc(CN(C(=S)NC(=O)OCC2c3ccccc3-c3ccccc32)c2ccc(C3=CCCCC3)cc2)cc1.COC(=O)CCNC(=O)c1ccc(CNc2ccc(C3=CCCCC3)cc2)cc1. The van der Waals surface area contributed by atoms with Gasteiger partial charge in [-0.25, -0.2) is 4.79 Å². The molecule has 0 aliphatic heterocycles. The van der Waals surface area contributed by atoms with Crippen molar-refractivity contribution in [3.8, 4) is 11.1 Å².